The van der Waals surface area contributed by atoms with Crippen LogP contribution in [0.25, 0.3) is 0 Å². The number of fused-ring (bicyclic) bond motifs is 4. The van der Waals surface area contributed by atoms with E-state index in [4.69, 9.17) is 27.1 Å². The molecular formula is C48H46O8P2. The maximum atomic E-state index is 14.5. The molecule has 0 amide bonds. The lowest BCUT2D eigenvalue weighted by Gasteiger charge is -2.39. The highest BCUT2D eigenvalue weighted by atomic mass is 31.2. The molecule has 0 bridgehead atoms. The molecule has 2 aliphatic heterocycles. The lowest BCUT2D eigenvalue weighted by Crippen LogP contribution is -2.30. The molecule has 0 saturated heterocycles. The van der Waals surface area contributed by atoms with E-state index in [1.807, 2.05) is 149 Å². The zero-order valence-corrected chi connectivity index (χ0v) is 34.9. The van der Waals surface area contributed by atoms with Gasteiger partial charge in [0.15, 0.2) is 0 Å². The summed E-state index contributed by atoms with van der Waals surface area (Å²) in [5.41, 5.74) is 9.03. The molecule has 3 aliphatic rings. The fraction of sp³-hybridized carbons (Fsp3) is 0.250. The number of hydrogen-bond acceptors (Lipinski definition) is 8. The second kappa shape index (κ2) is 15.1. The van der Waals surface area contributed by atoms with E-state index in [1.165, 1.54) is 0 Å². The first-order valence-corrected chi connectivity index (χ1v) is 22.8. The van der Waals surface area contributed by atoms with E-state index in [0.29, 0.717) is 47.3 Å². The van der Waals surface area contributed by atoms with Crippen molar-refractivity contribution in [3.05, 3.63) is 177 Å². The van der Waals surface area contributed by atoms with Gasteiger partial charge in [0.05, 0.1) is 0 Å². The smallest absolute Gasteiger partial charge is 0.386 e. The van der Waals surface area contributed by atoms with Crippen LogP contribution in [0, 0.1) is 27.7 Å². The number of benzene rings is 6. The molecule has 0 N–H and O–H groups in total. The molecular weight excluding hydrogens is 766 g/mol. The minimum atomic E-state index is -4.18. The Balaban J connectivity index is 0.997. The molecule has 1 saturated carbocycles. The van der Waals surface area contributed by atoms with Gasteiger partial charge in [-0.2, -0.15) is 9.13 Å². The fourth-order valence-corrected chi connectivity index (χ4v) is 11.7. The van der Waals surface area contributed by atoms with Gasteiger partial charge in [-0.05, 0) is 120 Å². The molecule has 58 heavy (non-hydrogen) atoms. The summed E-state index contributed by atoms with van der Waals surface area (Å²) < 4.78 is 66.3. The van der Waals surface area contributed by atoms with E-state index in [9.17, 15) is 9.13 Å². The third-order valence-corrected chi connectivity index (χ3v) is 14.2. The summed E-state index contributed by atoms with van der Waals surface area (Å²) >= 11 is 0. The SMILES string of the molecule is Cc1cccc2c1OP(=O)(Oc1ccc(C3(c4ccc(OP5(=O)Oc6c(C)cccc6Cc6cccc(C)c6O5)cc4)CCCCC3)cc1)Oc1c(C)cccc1C2. The first-order chi connectivity index (χ1) is 28.0. The molecule has 296 valence electrons. The summed E-state index contributed by atoms with van der Waals surface area (Å²) in [4.78, 5) is 0. The summed E-state index contributed by atoms with van der Waals surface area (Å²) in [6.45, 7) is 7.72. The van der Waals surface area contributed by atoms with E-state index in [2.05, 4.69) is 0 Å². The van der Waals surface area contributed by atoms with Crippen LogP contribution in [-0.4, -0.2) is 0 Å². The van der Waals surface area contributed by atoms with Gasteiger partial charge in [-0.25, -0.2) is 0 Å². The minimum Gasteiger partial charge on any atom is -0.386 e. The van der Waals surface area contributed by atoms with Gasteiger partial charge in [-0.15, -0.1) is 0 Å². The van der Waals surface area contributed by atoms with Crippen LogP contribution in [0.2, 0.25) is 0 Å². The lowest BCUT2D eigenvalue weighted by molar-refractivity contribution is 0.291. The van der Waals surface area contributed by atoms with Gasteiger partial charge in [-0.1, -0.05) is 116 Å². The van der Waals surface area contributed by atoms with Gasteiger partial charge in [0.1, 0.15) is 34.5 Å². The summed E-state index contributed by atoms with van der Waals surface area (Å²) in [6, 6.07) is 39.2. The van der Waals surface area contributed by atoms with Crippen molar-refractivity contribution in [2.45, 2.75) is 78.1 Å². The average Bonchev–Trinajstić information content (AvgIpc) is 3.20. The van der Waals surface area contributed by atoms with Crippen molar-refractivity contribution in [3.8, 4) is 34.5 Å². The quantitative estimate of drug-likeness (QED) is 0.154. The van der Waals surface area contributed by atoms with E-state index in [0.717, 1.165) is 87.7 Å². The second-order valence-electron chi connectivity index (χ2n) is 15.7. The van der Waals surface area contributed by atoms with Crippen LogP contribution in [0.3, 0.4) is 0 Å². The number of rotatable bonds is 6. The average molecular weight is 813 g/mol. The van der Waals surface area contributed by atoms with E-state index in [-0.39, 0.29) is 5.41 Å². The Kier molecular flexibility index (Phi) is 9.90. The highest BCUT2D eigenvalue weighted by Gasteiger charge is 2.41. The highest BCUT2D eigenvalue weighted by molar-refractivity contribution is 7.50. The molecule has 10 heteroatoms. The summed E-state index contributed by atoms with van der Waals surface area (Å²) in [5, 5.41) is 0. The standard InChI is InChI=1S/C48H46O8P2/c1-32-12-8-16-36-30-37-17-9-13-33(2)45(37)54-57(49,53-44(32)36)51-42-24-20-40(21-25-42)48(28-6-5-7-29-48)41-22-26-43(27-23-41)52-58(50)55-46-34(3)14-10-18-38(46)31-39-19-11-15-35(4)47(39)56-58/h8-27H,5-7,28-31H2,1-4H3. The Labute approximate surface area is 340 Å². The van der Waals surface area contributed by atoms with Gasteiger partial charge in [0.25, 0.3) is 0 Å². The Bertz CT molecular complexity index is 2320. The van der Waals surface area contributed by atoms with Crippen LogP contribution in [0.15, 0.2) is 121 Å². The molecule has 6 aromatic carbocycles. The number of phosphoric acid groups is 2. The lowest BCUT2D eigenvalue weighted by atomic mass is 9.65. The second-order valence-corrected chi connectivity index (χ2v) is 18.6. The van der Waals surface area contributed by atoms with Crippen molar-refractivity contribution in [3.63, 3.8) is 0 Å². The van der Waals surface area contributed by atoms with Gasteiger partial charge < -0.3 is 27.1 Å². The highest BCUT2D eigenvalue weighted by Crippen LogP contribution is 2.56. The molecule has 1 aliphatic carbocycles. The molecule has 0 spiro atoms. The van der Waals surface area contributed by atoms with Crippen LogP contribution in [0.1, 0.15) is 87.7 Å². The predicted octanol–water partition coefficient (Wildman–Crippen LogP) is 13.3. The molecule has 0 atom stereocenters. The van der Waals surface area contributed by atoms with Crippen molar-refractivity contribution >= 4 is 15.6 Å². The van der Waals surface area contributed by atoms with E-state index < -0.39 is 15.6 Å². The number of phosphoric ester groups is 2. The van der Waals surface area contributed by atoms with Crippen LogP contribution in [-0.2, 0) is 27.4 Å². The van der Waals surface area contributed by atoms with Gasteiger partial charge in [-0.3, -0.25) is 0 Å². The topological polar surface area (TPSA) is 89.5 Å². The van der Waals surface area contributed by atoms with Crippen molar-refractivity contribution in [1.82, 2.24) is 0 Å². The summed E-state index contributed by atoms with van der Waals surface area (Å²) in [7, 11) is -8.36. The van der Waals surface area contributed by atoms with Gasteiger partial charge in [0.2, 0.25) is 0 Å². The zero-order chi connectivity index (χ0) is 40.1. The molecule has 0 unspecified atom stereocenters. The van der Waals surface area contributed by atoms with Crippen molar-refractivity contribution in [2.75, 3.05) is 0 Å². The first-order valence-electron chi connectivity index (χ1n) is 19.9. The Morgan fingerprint density at radius 1 is 0.431 bits per heavy atom. The molecule has 8 nitrogen and oxygen atoms in total. The Hall–Kier alpha value is -5.42. The number of para-hydroxylation sites is 4. The van der Waals surface area contributed by atoms with Gasteiger partial charge >= 0.3 is 15.6 Å². The summed E-state index contributed by atoms with van der Waals surface area (Å²) in [5.74, 6) is 2.82. The Morgan fingerprint density at radius 2 is 0.741 bits per heavy atom. The maximum Gasteiger partial charge on any atom is 0.647 e. The predicted molar refractivity (Wildman–Crippen MR) is 226 cm³/mol. The van der Waals surface area contributed by atoms with Gasteiger partial charge in [0, 0.05) is 18.3 Å². The molecule has 0 radical (unpaired) electrons. The molecule has 1 fully saturated rings. The number of hydrogen-bond donors (Lipinski definition) is 0. The molecule has 6 aromatic rings. The molecule has 2 heterocycles. The minimum absolute atomic E-state index is 0.289. The van der Waals surface area contributed by atoms with Crippen molar-refractivity contribution in [1.29, 1.82) is 0 Å². The van der Waals surface area contributed by atoms with Crippen molar-refractivity contribution in [2.24, 2.45) is 0 Å². The van der Waals surface area contributed by atoms with Crippen LogP contribution in [0.5, 0.6) is 34.5 Å². The van der Waals surface area contributed by atoms with Crippen molar-refractivity contribution < 1.29 is 36.3 Å². The first kappa shape index (κ1) is 38.1. The maximum absolute atomic E-state index is 14.5. The Morgan fingerprint density at radius 3 is 1.05 bits per heavy atom. The fourth-order valence-electron chi connectivity index (χ4n) is 8.73. The van der Waals surface area contributed by atoms with E-state index >= 15 is 0 Å². The monoisotopic (exact) mass is 812 g/mol. The van der Waals surface area contributed by atoms with Crippen LogP contribution < -0.4 is 27.1 Å². The number of aryl methyl sites for hydroxylation is 4. The van der Waals surface area contributed by atoms with E-state index in [1.54, 1.807) is 0 Å². The summed E-state index contributed by atoms with van der Waals surface area (Å²) in [6.07, 6.45) is 6.35. The largest absolute Gasteiger partial charge is 0.647 e. The van der Waals surface area contributed by atoms with Crippen LogP contribution >= 0.6 is 15.6 Å². The third kappa shape index (κ3) is 7.29. The molecule has 0 aromatic heterocycles. The normalized spacial score (nSPS) is 17.2. The molecule has 9 rings (SSSR count). The third-order valence-electron chi connectivity index (χ3n) is 11.7. The zero-order valence-electron chi connectivity index (χ0n) is 33.2. The van der Waals surface area contributed by atoms with Crippen LogP contribution in [0.4, 0.5) is 0 Å².